The van der Waals surface area contributed by atoms with Gasteiger partial charge >= 0.3 is 0 Å². The summed E-state index contributed by atoms with van der Waals surface area (Å²) in [7, 11) is 0. The Hall–Kier alpha value is -5.15. The van der Waals surface area contributed by atoms with Crippen molar-refractivity contribution in [2.45, 2.75) is 18.0 Å². The van der Waals surface area contributed by atoms with Crippen molar-refractivity contribution in [3.8, 4) is 0 Å². The van der Waals surface area contributed by atoms with Crippen LogP contribution < -0.4 is 5.32 Å². The Labute approximate surface area is 244 Å². The highest BCUT2D eigenvalue weighted by molar-refractivity contribution is 6.32. The van der Waals surface area contributed by atoms with E-state index in [4.69, 9.17) is 11.6 Å². The first-order chi connectivity index (χ1) is 20.3. The van der Waals surface area contributed by atoms with E-state index in [0.717, 1.165) is 0 Å². The number of fused-ring (bicyclic) bond motifs is 5. The number of nitro benzene ring substituents is 1. The summed E-state index contributed by atoms with van der Waals surface area (Å²) in [5.74, 6) is -2.53. The molecular formula is C32H21ClN4O5. The average molecular weight is 577 g/mol. The summed E-state index contributed by atoms with van der Waals surface area (Å²) in [5.41, 5.74) is 0.612. The van der Waals surface area contributed by atoms with Crippen LogP contribution in [0.5, 0.6) is 0 Å². The first kappa shape index (κ1) is 25.8. The molecule has 0 radical (unpaired) electrons. The number of Topliss-reactive ketones (excluding diaryl/α,β-unsaturated/α-hetero) is 2. The number of hydrogen-bond acceptors (Lipinski definition) is 7. The molecule has 1 fully saturated rings. The lowest BCUT2D eigenvalue weighted by Crippen LogP contribution is -2.44. The lowest BCUT2D eigenvalue weighted by molar-refractivity contribution is -0.384. The number of benzene rings is 4. The number of amides is 1. The van der Waals surface area contributed by atoms with Crippen LogP contribution in [-0.4, -0.2) is 39.7 Å². The fourth-order valence-corrected chi connectivity index (χ4v) is 6.86. The number of carbonyl (C=O) groups is 3. The minimum atomic E-state index is -1.82. The molecule has 1 aliphatic carbocycles. The van der Waals surface area contributed by atoms with Crippen LogP contribution in [0, 0.1) is 15.5 Å². The van der Waals surface area contributed by atoms with Crippen LogP contribution in [0.2, 0.25) is 5.02 Å². The zero-order valence-corrected chi connectivity index (χ0v) is 22.6. The molecule has 1 N–H and O–H groups in total. The number of nitrogens with zero attached hydrogens (tertiary/aromatic N) is 3. The van der Waals surface area contributed by atoms with Gasteiger partial charge in [-0.05, 0) is 41.0 Å². The van der Waals surface area contributed by atoms with Gasteiger partial charge in [0.15, 0.2) is 11.6 Å². The molecule has 7 rings (SSSR count). The lowest BCUT2D eigenvalue weighted by atomic mass is 9.63. The minimum absolute atomic E-state index is 0.219. The van der Waals surface area contributed by atoms with E-state index in [0.29, 0.717) is 27.4 Å². The van der Waals surface area contributed by atoms with Crippen molar-refractivity contribution in [2.75, 3.05) is 5.32 Å². The highest BCUT2D eigenvalue weighted by atomic mass is 35.5. The Morgan fingerprint density at radius 2 is 1.57 bits per heavy atom. The summed E-state index contributed by atoms with van der Waals surface area (Å²) in [6, 6.07) is 24.1. The predicted molar refractivity (Wildman–Crippen MR) is 156 cm³/mol. The van der Waals surface area contributed by atoms with Crippen molar-refractivity contribution in [3.05, 3.63) is 140 Å². The zero-order chi connectivity index (χ0) is 29.2. The maximum atomic E-state index is 14.7. The molecule has 1 saturated heterocycles. The van der Waals surface area contributed by atoms with Gasteiger partial charge in [0.25, 0.3) is 5.69 Å². The molecule has 0 saturated carbocycles. The minimum Gasteiger partial charge on any atom is -0.324 e. The molecule has 1 spiro atoms. The van der Waals surface area contributed by atoms with Crippen molar-refractivity contribution in [2.24, 2.45) is 10.5 Å². The second-order valence-electron chi connectivity index (χ2n) is 10.5. The summed E-state index contributed by atoms with van der Waals surface area (Å²) < 4.78 is 0. The zero-order valence-electron chi connectivity index (χ0n) is 21.8. The smallest absolute Gasteiger partial charge is 0.269 e. The summed E-state index contributed by atoms with van der Waals surface area (Å²) in [4.78, 5) is 54.9. The summed E-state index contributed by atoms with van der Waals surface area (Å²) >= 11 is 6.05. The second kappa shape index (κ2) is 9.46. The van der Waals surface area contributed by atoms with E-state index in [-0.39, 0.29) is 16.8 Å². The van der Waals surface area contributed by atoms with E-state index in [9.17, 15) is 24.5 Å². The number of halogens is 1. The van der Waals surface area contributed by atoms with Crippen LogP contribution in [0.3, 0.4) is 0 Å². The quantitative estimate of drug-likeness (QED) is 0.186. The van der Waals surface area contributed by atoms with E-state index in [2.05, 4.69) is 10.4 Å². The molecular weight excluding hydrogens is 556 g/mol. The third-order valence-corrected chi connectivity index (χ3v) is 8.65. The number of carbonyl (C=O) groups excluding carboxylic acids is 3. The fraction of sp³-hybridized carbons (Fsp3) is 0.125. The van der Waals surface area contributed by atoms with Crippen LogP contribution in [0.1, 0.15) is 49.4 Å². The van der Waals surface area contributed by atoms with Gasteiger partial charge in [-0.1, -0.05) is 72.3 Å². The van der Waals surface area contributed by atoms with Gasteiger partial charge in [0.1, 0.15) is 11.5 Å². The van der Waals surface area contributed by atoms with E-state index in [1.54, 1.807) is 60.8 Å². The second-order valence-corrected chi connectivity index (χ2v) is 10.9. The van der Waals surface area contributed by atoms with E-state index in [1.807, 2.05) is 24.3 Å². The molecule has 42 heavy (non-hydrogen) atoms. The van der Waals surface area contributed by atoms with Crippen molar-refractivity contribution >= 4 is 46.7 Å². The number of hydrogen-bond donors (Lipinski definition) is 1. The maximum absolute atomic E-state index is 14.7. The van der Waals surface area contributed by atoms with Crippen LogP contribution in [0.15, 0.2) is 102 Å². The molecule has 0 bridgehead atoms. The molecule has 10 heteroatoms. The van der Waals surface area contributed by atoms with Crippen LogP contribution >= 0.6 is 11.6 Å². The molecule has 9 nitrogen and oxygen atoms in total. The molecule has 3 atom stereocenters. The highest BCUT2D eigenvalue weighted by Gasteiger charge is 2.73. The number of nitro groups is 1. The standard InChI is InChI=1S/C32H21ClN4O5/c33-20-12-14-21(15-13-20)35-31(40)27-26(18-7-5-8-22(16-18)37(41)42)32(29(38)24-10-3-4-11-25(24)30(32)39)28-23-9-2-1-6-19(23)17-34-36(27)28/h1-17,26-28H,(H,35,40)/t26-,27-,28-/m0/s1. The van der Waals surface area contributed by atoms with E-state index < -0.39 is 45.8 Å². The number of rotatable bonds is 4. The molecule has 4 aromatic rings. The molecule has 0 unspecified atom stereocenters. The molecule has 2 aliphatic heterocycles. The first-order valence-electron chi connectivity index (χ1n) is 13.2. The van der Waals surface area contributed by atoms with Gasteiger partial charge in [-0.15, -0.1) is 0 Å². The van der Waals surface area contributed by atoms with Crippen molar-refractivity contribution in [1.29, 1.82) is 0 Å². The SMILES string of the molecule is O=C(Nc1ccc(Cl)cc1)[C@@H]1[C@H](c2cccc([N+](=O)[O-])c2)C2(C(=O)c3ccccc3C2=O)[C@@H]2c3ccccc3C=NN12. The largest absolute Gasteiger partial charge is 0.324 e. The Morgan fingerprint density at radius 1 is 0.905 bits per heavy atom. The third-order valence-electron chi connectivity index (χ3n) is 8.40. The van der Waals surface area contributed by atoms with Crippen LogP contribution in [-0.2, 0) is 4.79 Å². The Bertz CT molecular complexity index is 1820. The maximum Gasteiger partial charge on any atom is 0.269 e. The van der Waals surface area contributed by atoms with Gasteiger partial charge in [-0.25, -0.2) is 0 Å². The predicted octanol–water partition coefficient (Wildman–Crippen LogP) is 5.81. The number of ketones is 2. The average Bonchev–Trinajstić information content (AvgIpc) is 3.44. The number of anilines is 1. The fourth-order valence-electron chi connectivity index (χ4n) is 6.73. The van der Waals surface area contributed by atoms with Gasteiger partial charge in [0.05, 0.1) is 17.2 Å². The van der Waals surface area contributed by atoms with Crippen molar-refractivity contribution in [1.82, 2.24) is 5.01 Å². The third kappa shape index (κ3) is 3.56. The Morgan fingerprint density at radius 3 is 2.26 bits per heavy atom. The molecule has 3 aliphatic rings. The number of hydrazone groups is 1. The van der Waals surface area contributed by atoms with Gasteiger partial charge in [0, 0.05) is 39.9 Å². The van der Waals surface area contributed by atoms with Gasteiger partial charge in [-0.2, -0.15) is 5.10 Å². The normalized spacial score (nSPS) is 21.2. The number of non-ortho nitro benzene ring substituents is 1. The van der Waals surface area contributed by atoms with Gasteiger partial charge in [0.2, 0.25) is 5.91 Å². The van der Waals surface area contributed by atoms with E-state index >= 15 is 0 Å². The van der Waals surface area contributed by atoms with Gasteiger partial charge in [-0.3, -0.25) is 29.5 Å². The monoisotopic (exact) mass is 576 g/mol. The molecule has 1 amide bonds. The number of nitrogens with one attached hydrogen (secondary N) is 1. The molecule has 4 aromatic carbocycles. The van der Waals surface area contributed by atoms with Gasteiger partial charge < -0.3 is 5.32 Å². The van der Waals surface area contributed by atoms with Crippen LogP contribution in [0.4, 0.5) is 11.4 Å². The van der Waals surface area contributed by atoms with Crippen molar-refractivity contribution in [3.63, 3.8) is 0 Å². The summed E-state index contributed by atoms with van der Waals surface area (Å²) in [5, 5.41) is 21.4. The molecule has 0 aromatic heterocycles. The Kier molecular flexibility index (Phi) is 5.81. The van der Waals surface area contributed by atoms with Crippen molar-refractivity contribution < 1.29 is 19.3 Å². The Balaban J connectivity index is 1.50. The molecule has 206 valence electrons. The van der Waals surface area contributed by atoms with E-state index in [1.165, 1.54) is 23.2 Å². The summed E-state index contributed by atoms with van der Waals surface area (Å²) in [6.45, 7) is 0. The highest BCUT2D eigenvalue weighted by Crippen LogP contribution is 2.64. The first-order valence-corrected chi connectivity index (χ1v) is 13.6. The lowest BCUT2D eigenvalue weighted by Gasteiger charge is -2.36. The van der Waals surface area contributed by atoms with Crippen LogP contribution in [0.25, 0.3) is 0 Å². The summed E-state index contributed by atoms with van der Waals surface area (Å²) in [6.07, 6.45) is 1.61. The topological polar surface area (TPSA) is 122 Å². The molecule has 2 heterocycles.